The van der Waals surface area contributed by atoms with Crippen LogP contribution in [0.15, 0.2) is 27.3 Å². The number of hydrogen-bond donors (Lipinski definition) is 2. The fourth-order valence-corrected chi connectivity index (χ4v) is 2.00. The van der Waals surface area contributed by atoms with Crippen molar-refractivity contribution in [1.29, 1.82) is 0 Å². The Morgan fingerprint density at radius 3 is 2.79 bits per heavy atom. The number of nitrogens with one attached hydrogen (secondary N) is 1. The van der Waals surface area contributed by atoms with Crippen molar-refractivity contribution in [3.05, 3.63) is 22.9 Å². The summed E-state index contributed by atoms with van der Waals surface area (Å²) in [6.45, 7) is 5.93. The van der Waals surface area contributed by atoms with Gasteiger partial charge in [0.15, 0.2) is 0 Å². The molecule has 0 saturated carbocycles. The van der Waals surface area contributed by atoms with Crippen molar-refractivity contribution < 1.29 is 4.21 Å². The third-order valence-electron chi connectivity index (χ3n) is 1.81. The summed E-state index contributed by atoms with van der Waals surface area (Å²) in [6, 6.07) is 0. The molecule has 1 rings (SSSR count). The summed E-state index contributed by atoms with van der Waals surface area (Å²) in [5.74, 6) is 0.349. The van der Waals surface area contributed by atoms with Crippen LogP contribution in [0.2, 0.25) is 0 Å². The highest BCUT2D eigenvalue weighted by atomic mass is 32.2. The van der Waals surface area contributed by atoms with E-state index in [9.17, 15) is 4.21 Å². The van der Waals surface area contributed by atoms with E-state index in [0.717, 1.165) is 23.3 Å². The molecule has 14 heavy (non-hydrogen) atoms. The summed E-state index contributed by atoms with van der Waals surface area (Å²) in [5, 5.41) is 0. The van der Waals surface area contributed by atoms with Crippen LogP contribution in [0.25, 0.3) is 0 Å². The van der Waals surface area contributed by atoms with Crippen molar-refractivity contribution in [3.63, 3.8) is 0 Å². The Labute approximate surface area is 86.7 Å². The van der Waals surface area contributed by atoms with E-state index in [1.807, 2.05) is 26.8 Å². The van der Waals surface area contributed by atoms with E-state index in [1.165, 1.54) is 0 Å². The molecule has 1 atom stereocenters. The summed E-state index contributed by atoms with van der Waals surface area (Å²) in [6.07, 6.45) is 2.82. The minimum Gasteiger partial charge on any atom is -0.382 e. The maximum atomic E-state index is 11.2. The molecule has 1 heterocycles. The molecule has 0 aliphatic carbocycles. The number of amidine groups is 1. The molecule has 3 N–H and O–H groups in total. The van der Waals surface area contributed by atoms with Gasteiger partial charge in [-0.1, -0.05) is 18.6 Å². The van der Waals surface area contributed by atoms with Crippen LogP contribution < -0.4 is 10.5 Å². The number of hydrogen-bond acceptors (Lipinski definition) is 2. The van der Waals surface area contributed by atoms with E-state index in [1.54, 1.807) is 0 Å². The van der Waals surface area contributed by atoms with Crippen LogP contribution in [0.3, 0.4) is 0 Å². The van der Waals surface area contributed by atoms with Crippen molar-refractivity contribution in [2.24, 2.45) is 10.1 Å². The fraction of sp³-hybridized carbons (Fsp3) is 0.444. The van der Waals surface area contributed by atoms with Gasteiger partial charge in [0.2, 0.25) is 11.2 Å². The van der Waals surface area contributed by atoms with Crippen LogP contribution in [-0.4, -0.2) is 10.0 Å². The molecular formula is C9H15N3OS. The molecule has 4 nitrogen and oxygen atoms in total. The summed E-state index contributed by atoms with van der Waals surface area (Å²) < 4.78 is 17.8. The lowest BCUT2D eigenvalue weighted by Gasteiger charge is -2.18. The molecule has 0 aromatic carbocycles. The van der Waals surface area contributed by atoms with E-state index >= 15 is 0 Å². The zero-order valence-electron chi connectivity index (χ0n) is 8.63. The Hall–Kier alpha value is -1.10. The predicted octanol–water partition coefficient (Wildman–Crippen LogP) is 1.16. The maximum absolute atomic E-state index is 11.2. The van der Waals surface area contributed by atoms with Gasteiger partial charge in [0.1, 0.15) is 5.84 Å². The van der Waals surface area contributed by atoms with Crippen molar-refractivity contribution >= 4 is 17.0 Å². The van der Waals surface area contributed by atoms with Gasteiger partial charge >= 0.3 is 0 Å². The SMILES string of the molecule is CC/C=C1/NS(=O)N=C(N)C1=C(C)C. The molecular weight excluding hydrogens is 198 g/mol. The number of allylic oxidation sites excluding steroid dienone is 2. The highest BCUT2D eigenvalue weighted by Gasteiger charge is 2.18. The average molecular weight is 213 g/mol. The Morgan fingerprint density at radius 2 is 2.29 bits per heavy atom. The van der Waals surface area contributed by atoms with Crippen LogP contribution in [0.4, 0.5) is 0 Å². The number of rotatable bonds is 1. The summed E-state index contributed by atoms with van der Waals surface area (Å²) in [4.78, 5) is 0. The normalized spacial score (nSPS) is 24.5. The van der Waals surface area contributed by atoms with Crippen LogP contribution in [0.5, 0.6) is 0 Å². The molecule has 78 valence electrons. The standard InChI is InChI=1S/C9H15N3OS/c1-4-5-7-8(6(2)3)9(10)12-14(13)11-7/h5,11H,4H2,1-3H3,(H2,10,12)/b7-5+. The first-order valence-electron chi connectivity index (χ1n) is 4.47. The minimum atomic E-state index is -1.43. The van der Waals surface area contributed by atoms with Gasteiger partial charge in [-0.3, -0.25) is 4.72 Å². The van der Waals surface area contributed by atoms with E-state index in [-0.39, 0.29) is 0 Å². The van der Waals surface area contributed by atoms with Crippen molar-refractivity contribution in [3.8, 4) is 0 Å². The van der Waals surface area contributed by atoms with Crippen LogP contribution in [-0.2, 0) is 11.2 Å². The third kappa shape index (κ3) is 2.23. The predicted molar refractivity (Wildman–Crippen MR) is 59.6 cm³/mol. The van der Waals surface area contributed by atoms with E-state index < -0.39 is 11.2 Å². The monoisotopic (exact) mass is 213 g/mol. The zero-order valence-corrected chi connectivity index (χ0v) is 9.44. The first-order chi connectivity index (χ1) is 6.56. The molecule has 0 saturated heterocycles. The summed E-state index contributed by atoms with van der Waals surface area (Å²) in [7, 11) is 0. The smallest absolute Gasteiger partial charge is 0.244 e. The summed E-state index contributed by atoms with van der Waals surface area (Å²) >= 11 is -1.43. The second-order valence-electron chi connectivity index (χ2n) is 3.23. The van der Waals surface area contributed by atoms with Crippen molar-refractivity contribution in [2.45, 2.75) is 27.2 Å². The fourth-order valence-electron chi connectivity index (χ4n) is 1.31. The highest BCUT2D eigenvalue weighted by molar-refractivity contribution is 7.82. The molecule has 0 aromatic heterocycles. The Bertz CT molecular complexity index is 351. The second kappa shape index (κ2) is 4.41. The zero-order chi connectivity index (χ0) is 10.7. The van der Waals surface area contributed by atoms with Gasteiger partial charge in [-0.25, -0.2) is 4.21 Å². The number of nitrogens with two attached hydrogens (primary N) is 1. The molecule has 0 aromatic rings. The lowest BCUT2D eigenvalue weighted by Crippen LogP contribution is -2.31. The van der Waals surface area contributed by atoms with Gasteiger partial charge in [0.05, 0.1) is 5.70 Å². The van der Waals surface area contributed by atoms with Gasteiger partial charge in [0.25, 0.3) is 0 Å². The molecule has 1 unspecified atom stereocenters. The molecule has 1 aliphatic rings. The number of nitrogens with zero attached hydrogens (tertiary/aromatic N) is 1. The molecule has 0 fully saturated rings. The molecule has 1 aliphatic heterocycles. The first-order valence-corrected chi connectivity index (χ1v) is 5.58. The molecule has 0 amide bonds. The van der Waals surface area contributed by atoms with E-state index in [4.69, 9.17) is 5.73 Å². The van der Waals surface area contributed by atoms with E-state index in [0.29, 0.717) is 5.84 Å². The Balaban J connectivity index is 3.22. The molecule has 0 radical (unpaired) electrons. The van der Waals surface area contributed by atoms with Gasteiger partial charge in [0, 0.05) is 5.57 Å². The average Bonchev–Trinajstić information content (AvgIpc) is 2.01. The Kier molecular flexibility index (Phi) is 3.46. The topological polar surface area (TPSA) is 67.5 Å². The first kappa shape index (κ1) is 11.0. The third-order valence-corrected chi connectivity index (χ3v) is 2.57. The Morgan fingerprint density at radius 1 is 1.64 bits per heavy atom. The lowest BCUT2D eigenvalue weighted by molar-refractivity contribution is 0.679. The highest BCUT2D eigenvalue weighted by Crippen LogP contribution is 2.17. The van der Waals surface area contributed by atoms with Crippen molar-refractivity contribution in [2.75, 3.05) is 0 Å². The maximum Gasteiger partial charge on any atom is 0.244 e. The molecule has 0 spiro atoms. The minimum absolute atomic E-state index is 0.349. The van der Waals surface area contributed by atoms with Gasteiger partial charge in [-0.2, -0.15) is 4.40 Å². The summed E-state index contributed by atoms with van der Waals surface area (Å²) in [5.41, 5.74) is 8.46. The molecule has 5 heteroatoms. The second-order valence-corrected chi connectivity index (χ2v) is 4.11. The van der Waals surface area contributed by atoms with Crippen LogP contribution in [0.1, 0.15) is 27.2 Å². The van der Waals surface area contributed by atoms with Crippen LogP contribution >= 0.6 is 0 Å². The van der Waals surface area contributed by atoms with E-state index in [2.05, 4.69) is 9.12 Å². The van der Waals surface area contributed by atoms with Gasteiger partial charge < -0.3 is 5.73 Å². The largest absolute Gasteiger partial charge is 0.382 e. The van der Waals surface area contributed by atoms with Crippen molar-refractivity contribution in [1.82, 2.24) is 4.72 Å². The van der Waals surface area contributed by atoms with Gasteiger partial charge in [-0.05, 0) is 20.3 Å². The van der Waals surface area contributed by atoms with Gasteiger partial charge in [-0.15, -0.1) is 0 Å². The quantitative estimate of drug-likeness (QED) is 0.686. The molecule has 0 bridgehead atoms. The lowest BCUT2D eigenvalue weighted by atomic mass is 10.1. The van der Waals surface area contributed by atoms with Crippen LogP contribution in [0, 0.1) is 0 Å².